The highest BCUT2D eigenvalue weighted by atomic mass is 35.5. The molecule has 3 aromatic carbocycles. The number of fused-ring (bicyclic) bond motifs is 1. The van der Waals surface area contributed by atoms with E-state index in [2.05, 4.69) is 39.6 Å². The van der Waals surface area contributed by atoms with E-state index in [0.717, 1.165) is 35.2 Å². The number of quaternary nitrogens is 1. The number of ether oxygens (including phenoxy) is 1. The van der Waals surface area contributed by atoms with Gasteiger partial charge in [-0.05, 0) is 64.5 Å². The maximum atomic E-state index is 9.73. The number of halogens is 1. The number of nitrogens with one attached hydrogen (secondary N) is 2. The first-order chi connectivity index (χ1) is 16.8. The second-order valence-electron chi connectivity index (χ2n) is 8.45. The topological polar surface area (TPSA) is 103 Å². The molecule has 0 amide bonds. The van der Waals surface area contributed by atoms with Crippen LogP contribution in [0.15, 0.2) is 60.8 Å². The lowest BCUT2D eigenvalue weighted by molar-refractivity contribution is -0.955. The predicted molar refractivity (Wildman–Crippen MR) is 139 cm³/mol. The number of rotatable bonds is 7. The van der Waals surface area contributed by atoms with Crippen molar-refractivity contribution in [3.63, 3.8) is 0 Å². The summed E-state index contributed by atoms with van der Waals surface area (Å²) in [6.45, 7) is 0. The first-order valence-corrected chi connectivity index (χ1v) is 11.7. The van der Waals surface area contributed by atoms with Crippen LogP contribution in [0.2, 0.25) is 5.02 Å². The van der Waals surface area contributed by atoms with Crippen molar-refractivity contribution < 1.29 is 14.1 Å². The number of hydrogen-bond acceptors (Lipinski definition) is 8. The zero-order valence-electron chi connectivity index (χ0n) is 18.7. The van der Waals surface area contributed by atoms with Crippen molar-refractivity contribution in [1.82, 2.24) is 9.97 Å². The van der Waals surface area contributed by atoms with Crippen LogP contribution in [0.5, 0.6) is 5.75 Å². The Morgan fingerprint density at radius 1 is 1.09 bits per heavy atom. The van der Waals surface area contributed by atoms with Gasteiger partial charge in [0, 0.05) is 11.4 Å². The van der Waals surface area contributed by atoms with Gasteiger partial charge in [-0.15, -0.1) is 0 Å². The molecule has 10 heteroatoms. The lowest BCUT2D eigenvalue weighted by Gasteiger charge is -2.17. The minimum Gasteiger partial charge on any atom is -0.487 e. The molecule has 4 aromatic rings. The van der Waals surface area contributed by atoms with Gasteiger partial charge in [-0.25, -0.2) is 4.98 Å². The average molecular weight is 506 g/mol. The molecule has 1 aliphatic rings. The summed E-state index contributed by atoms with van der Waals surface area (Å²) >= 11 is 10.4. The summed E-state index contributed by atoms with van der Waals surface area (Å²) in [6.07, 6.45) is 3.70. The third-order valence-corrected chi connectivity index (χ3v) is 5.73. The normalized spacial score (nSPS) is 14.7. The average Bonchev–Trinajstić information content (AvgIpc) is 3.64. The molecule has 1 atom stereocenters. The molecule has 3 N–H and O–H groups in total. The summed E-state index contributed by atoms with van der Waals surface area (Å²) in [5.74, 6) is 0.863. The number of nitrogens with zero attached hydrogens (tertiary/aromatic N) is 4. The summed E-state index contributed by atoms with van der Waals surface area (Å²) in [5.41, 5.74) is 8.13. The first kappa shape index (κ1) is 23.2. The van der Waals surface area contributed by atoms with E-state index in [1.54, 1.807) is 18.3 Å². The Morgan fingerprint density at radius 2 is 1.83 bits per heavy atom. The van der Waals surface area contributed by atoms with Gasteiger partial charge < -0.3 is 10.1 Å². The van der Waals surface area contributed by atoms with E-state index in [-0.39, 0.29) is 6.10 Å². The van der Waals surface area contributed by atoms with Crippen LogP contribution in [0.1, 0.15) is 18.4 Å². The fourth-order valence-electron chi connectivity index (χ4n) is 3.59. The third-order valence-electron chi connectivity index (χ3n) is 5.35. The first-order valence-electron chi connectivity index (χ1n) is 10.9. The second kappa shape index (κ2) is 9.24. The van der Waals surface area contributed by atoms with Crippen molar-refractivity contribution in [2.24, 2.45) is 0 Å². The fourth-order valence-corrected chi connectivity index (χ4v) is 3.96. The van der Waals surface area contributed by atoms with Gasteiger partial charge in [0.25, 0.3) is 0 Å². The van der Waals surface area contributed by atoms with Gasteiger partial charge in [0.05, 0.1) is 33.9 Å². The predicted octanol–water partition coefficient (Wildman–Crippen LogP) is 6.11. The highest BCUT2D eigenvalue weighted by Crippen LogP contribution is 2.37. The molecule has 0 radical (unpaired) electrons. The molecular formula is C25H22ClN6O2S+. The maximum absolute atomic E-state index is 9.73. The Labute approximate surface area is 212 Å². The molecule has 8 nitrogen and oxygen atoms in total. The summed E-state index contributed by atoms with van der Waals surface area (Å²) in [6, 6.07) is 19.4. The van der Waals surface area contributed by atoms with Crippen LogP contribution in [0, 0.1) is 11.3 Å². The van der Waals surface area contributed by atoms with Crippen LogP contribution in [-0.2, 0) is 0 Å². The Bertz CT molecular complexity index is 1450. The molecule has 0 aliphatic heterocycles. The van der Waals surface area contributed by atoms with Crippen LogP contribution < -0.4 is 15.5 Å². The van der Waals surface area contributed by atoms with E-state index in [0.29, 0.717) is 33.4 Å². The molecule has 1 aromatic heterocycles. The minimum absolute atomic E-state index is 0.161. The Hall–Kier alpha value is -3.55. The summed E-state index contributed by atoms with van der Waals surface area (Å²) in [7, 11) is 1.45. The quantitative estimate of drug-likeness (QED) is 0.136. The molecule has 1 fully saturated rings. The van der Waals surface area contributed by atoms with E-state index >= 15 is 0 Å². The Morgan fingerprint density at radius 3 is 2.51 bits per heavy atom. The highest BCUT2D eigenvalue weighted by Gasteiger charge is 2.26. The van der Waals surface area contributed by atoms with Gasteiger partial charge in [0.15, 0.2) is 11.6 Å². The molecule has 1 saturated carbocycles. The smallest absolute Gasteiger partial charge is 0.197 e. The molecule has 0 saturated heterocycles. The van der Waals surface area contributed by atoms with Gasteiger partial charge in [-0.1, -0.05) is 29.8 Å². The lowest BCUT2D eigenvalue weighted by atomic mass is 10.0. The maximum Gasteiger partial charge on any atom is 0.197 e. The molecular weight excluding hydrogens is 484 g/mol. The third kappa shape index (κ3) is 5.58. The van der Waals surface area contributed by atoms with E-state index in [9.17, 15) is 10.5 Å². The van der Waals surface area contributed by atoms with Crippen molar-refractivity contribution in [3.05, 3.63) is 71.4 Å². The van der Waals surface area contributed by atoms with E-state index in [1.807, 2.05) is 42.5 Å². The van der Waals surface area contributed by atoms with E-state index in [4.69, 9.17) is 16.3 Å². The van der Waals surface area contributed by atoms with Gasteiger partial charge in [0.1, 0.15) is 25.9 Å². The molecule has 1 aliphatic carbocycles. The van der Waals surface area contributed by atoms with Crippen LogP contribution in [0.25, 0.3) is 22.2 Å². The molecule has 1 heterocycles. The van der Waals surface area contributed by atoms with Crippen molar-refractivity contribution in [2.75, 3.05) is 17.8 Å². The number of benzene rings is 3. The number of nitriles is 1. The van der Waals surface area contributed by atoms with Crippen LogP contribution in [0.4, 0.5) is 17.2 Å². The van der Waals surface area contributed by atoms with Crippen molar-refractivity contribution in [2.45, 2.75) is 18.9 Å². The summed E-state index contributed by atoms with van der Waals surface area (Å²) in [5, 5.41) is 23.0. The molecule has 5 rings (SSSR count). The zero-order chi connectivity index (χ0) is 24.6. The zero-order valence-corrected chi connectivity index (χ0v) is 20.4. The molecule has 176 valence electrons. The SMILES string of the molecule is C[N+](O)(S)Nc1cnc2cc(-c3ccc(Nc4cc(Cl)c(OC5CC5)c(C#N)c4)cc3)ccc2n1. The second-order valence-corrected chi connectivity index (χ2v) is 9.64. The van der Waals surface area contributed by atoms with Crippen LogP contribution >= 0.6 is 24.4 Å². The van der Waals surface area contributed by atoms with Gasteiger partial charge >= 0.3 is 0 Å². The number of anilines is 3. The summed E-state index contributed by atoms with van der Waals surface area (Å²) < 4.78 is 5.05. The number of hydrogen-bond donors (Lipinski definition) is 4. The molecule has 35 heavy (non-hydrogen) atoms. The van der Waals surface area contributed by atoms with Gasteiger partial charge in [0.2, 0.25) is 0 Å². The van der Waals surface area contributed by atoms with Crippen molar-refractivity contribution in [1.29, 1.82) is 5.26 Å². The number of thiol groups is 1. The van der Waals surface area contributed by atoms with Crippen LogP contribution in [0.3, 0.4) is 0 Å². The highest BCUT2D eigenvalue weighted by molar-refractivity contribution is 7.74. The molecule has 0 spiro atoms. The molecule has 1 unspecified atom stereocenters. The Kier molecular flexibility index (Phi) is 6.13. The number of hydroxylamine groups is 1. The van der Waals surface area contributed by atoms with Crippen molar-refractivity contribution >= 4 is 52.6 Å². The van der Waals surface area contributed by atoms with E-state index < -0.39 is 4.16 Å². The lowest BCUT2D eigenvalue weighted by Crippen LogP contribution is -2.35. The monoisotopic (exact) mass is 505 g/mol. The van der Waals surface area contributed by atoms with Crippen LogP contribution in [-0.4, -0.2) is 32.5 Å². The standard InChI is InChI=1S/C25H22ClN6O2S/c1-32(33,35)31-24-14-28-23-11-16(4-9-22(23)30-24)15-2-5-18(6-3-15)29-19-10-17(13-27)25(21(26)12-19)34-20-7-8-20/h2-6,9-12,14,20,29,33,35H,7-8H2,1H3,(H,30,31)/q+1. The Balaban J connectivity index is 1.33. The van der Waals surface area contributed by atoms with Crippen molar-refractivity contribution in [3.8, 4) is 22.9 Å². The number of aromatic nitrogens is 2. The fraction of sp³-hybridized carbons (Fsp3) is 0.160. The minimum atomic E-state index is -0.749. The molecule has 0 bridgehead atoms. The summed E-state index contributed by atoms with van der Waals surface area (Å²) in [4.78, 5) is 8.89. The van der Waals surface area contributed by atoms with Gasteiger partial charge in [-0.3, -0.25) is 4.98 Å². The van der Waals surface area contributed by atoms with Gasteiger partial charge in [-0.2, -0.15) is 15.9 Å². The van der Waals surface area contributed by atoms with E-state index in [1.165, 1.54) is 7.05 Å². The largest absolute Gasteiger partial charge is 0.487 e.